The Bertz CT molecular complexity index is 425. The van der Waals surface area contributed by atoms with E-state index in [1.54, 1.807) is 6.20 Å². The zero-order valence-corrected chi connectivity index (χ0v) is 10.2. The van der Waals surface area contributed by atoms with Crippen LogP contribution in [-0.2, 0) is 16.0 Å². The van der Waals surface area contributed by atoms with Crippen molar-refractivity contribution in [1.82, 2.24) is 9.97 Å². The van der Waals surface area contributed by atoms with Crippen LogP contribution in [0.2, 0.25) is 0 Å². The van der Waals surface area contributed by atoms with Gasteiger partial charge in [0.1, 0.15) is 11.9 Å². The molecular formula is C10H13N3O2S. The van der Waals surface area contributed by atoms with Crippen LogP contribution in [0.15, 0.2) is 11.4 Å². The highest BCUT2D eigenvalue weighted by Crippen LogP contribution is 2.30. The van der Waals surface area contributed by atoms with Crippen molar-refractivity contribution in [2.45, 2.75) is 17.6 Å². The third kappa shape index (κ3) is 1.73. The van der Waals surface area contributed by atoms with E-state index in [4.69, 9.17) is 4.74 Å². The molecule has 2 heterocycles. The van der Waals surface area contributed by atoms with E-state index in [9.17, 15) is 4.79 Å². The minimum absolute atomic E-state index is 0.230. The number of carbonyl (C=O) groups is 1. The van der Waals surface area contributed by atoms with Crippen LogP contribution in [0, 0.1) is 0 Å². The number of hydrogen-bond acceptors (Lipinski definition) is 6. The molecule has 1 aromatic rings. The first-order chi connectivity index (χ1) is 7.67. The number of fused-ring (bicyclic) bond motifs is 1. The molecule has 0 aromatic carbocycles. The fraction of sp³-hybridized carbons (Fsp3) is 0.500. The third-order valence-electron chi connectivity index (χ3n) is 2.69. The van der Waals surface area contributed by atoms with E-state index in [1.807, 2.05) is 18.2 Å². The van der Waals surface area contributed by atoms with E-state index < -0.39 is 0 Å². The summed E-state index contributed by atoms with van der Waals surface area (Å²) in [6.45, 7) is 0. The SMILES string of the molecule is COC(=O)C1Cc2cnc(SC)nc2N1C. The van der Waals surface area contributed by atoms with Crippen molar-refractivity contribution in [1.29, 1.82) is 0 Å². The summed E-state index contributed by atoms with van der Waals surface area (Å²) in [6.07, 6.45) is 4.33. The summed E-state index contributed by atoms with van der Waals surface area (Å²) in [4.78, 5) is 22.0. The lowest BCUT2D eigenvalue weighted by molar-refractivity contribution is -0.141. The van der Waals surface area contributed by atoms with E-state index in [1.165, 1.54) is 18.9 Å². The molecule has 0 N–H and O–H groups in total. The van der Waals surface area contributed by atoms with Crippen LogP contribution in [-0.4, -0.2) is 42.4 Å². The topological polar surface area (TPSA) is 55.3 Å². The Morgan fingerprint density at radius 3 is 3.06 bits per heavy atom. The van der Waals surface area contributed by atoms with Crippen LogP contribution in [0.4, 0.5) is 5.82 Å². The van der Waals surface area contributed by atoms with Crippen LogP contribution in [0.1, 0.15) is 5.56 Å². The summed E-state index contributed by atoms with van der Waals surface area (Å²) in [5, 5.41) is 0.719. The second-order valence-electron chi connectivity index (χ2n) is 3.56. The van der Waals surface area contributed by atoms with Crippen LogP contribution < -0.4 is 4.90 Å². The van der Waals surface area contributed by atoms with Gasteiger partial charge in [0.2, 0.25) is 0 Å². The van der Waals surface area contributed by atoms with Gasteiger partial charge in [-0.2, -0.15) is 0 Å². The van der Waals surface area contributed by atoms with Gasteiger partial charge >= 0.3 is 5.97 Å². The highest BCUT2D eigenvalue weighted by atomic mass is 32.2. The molecule has 0 fully saturated rings. The van der Waals surface area contributed by atoms with E-state index in [0.29, 0.717) is 6.42 Å². The summed E-state index contributed by atoms with van der Waals surface area (Å²) in [5.74, 6) is 0.598. The Hall–Kier alpha value is -1.30. The van der Waals surface area contributed by atoms with Gasteiger partial charge in [-0.1, -0.05) is 11.8 Å². The summed E-state index contributed by atoms with van der Waals surface area (Å²) in [7, 11) is 3.25. The van der Waals surface area contributed by atoms with Gasteiger partial charge in [0, 0.05) is 25.2 Å². The number of carbonyl (C=O) groups excluding carboxylic acids is 1. The normalized spacial score (nSPS) is 18.4. The Kier molecular flexibility index (Phi) is 3.00. The molecule has 1 unspecified atom stereocenters. The van der Waals surface area contributed by atoms with Gasteiger partial charge in [0.05, 0.1) is 7.11 Å². The number of nitrogens with zero attached hydrogens (tertiary/aromatic N) is 3. The standard InChI is InChI=1S/C10H13N3O2S/c1-13-7(9(14)15-2)4-6-5-11-10(16-3)12-8(6)13/h5,7H,4H2,1-3H3. The average Bonchev–Trinajstić information content (AvgIpc) is 2.65. The maximum atomic E-state index is 11.5. The molecule has 16 heavy (non-hydrogen) atoms. The molecule has 1 atom stereocenters. The summed E-state index contributed by atoms with van der Waals surface area (Å²) in [5.41, 5.74) is 0.996. The number of rotatable bonds is 2. The quantitative estimate of drug-likeness (QED) is 0.431. The predicted octanol–water partition coefficient (Wildman–Crippen LogP) is 0.732. The summed E-state index contributed by atoms with van der Waals surface area (Å²) >= 11 is 1.49. The van der Waals surface area contributed by atoms with Gasteiger partial charge in [0.15, 0.2) is 5.16 Å². The zero-order chi connectivity index (χ0) is 11.7. The first kappa shape index (κ1) is 11.2. The highest BCUT2D eigenvalue weighted by molar-refractivity contribution is 7.98. The smallest absolute Gasteiger partial charge is 0.328 e. The molecule has 0 aliphatic carbocycles. The van der Waals surface area contributed by atoms with E-state index >= 15 is 0 Å². The largest absolute Gasteiger partial charge is 0.467 e. The lowest BCUT2D eigenvalue weighted by Crippen LogP contribution is -2.36. The molecule has 0 saturated heterocycles. The molecular weight excluding hydrogens is 226 g/mol. The number of likely N-dealkylation sites (N-methyl/N-ethyl adjacent to an activating group) is 1. The monoisotopic (exact) mass is 239 g/mol. The molecule has 0 saturated carbocycles. The van der Waals surface area contributed by atoms with Gasteiger partial charge in [-0.3, -0.25) is 0 Å². The maximum absolute atomic E-state index is 11.5. The van der Waals surface area contributed by atoms with Crippen LogP contribution in [0.3, 0.4) is 0 Å². The Morgan fingerprint density at radius 1 is 1.69 bits per heavy atom. The van der Waals surface area contributed by atoms with E-state index in [-0.39, 0.29) is 12.0 Å². The van der Waals surface area contributed by atoms with Crippen LogP contribution in [0.5, 0.6) is 0 Å². The number of aromatic nitrogens is 2. The highest BCUT2D eigenvalue weighted by Gasteiger charge is 2.34. The number of anilines is 1. The number of methoxy groups -OCH3 is 1. The molecule has 5 nitrogen and oxygen atoms in total. The number of hydrogen-bond donors (Lipinski definition) is 0. The molecule has 0 bridgehead atoms. The zero-order valence-electron chi connectivity index (χ0n) is 9.43. The predicted molar refractivity (Wildman–Crippen MR) is 61.7 cm³/mol. The van der Waals surface area contributed by atoms with Crippen molar-refractivity contribution in [2.24, 2.45) is 0 Å². The molecule has 0 radical (unpaired) electrons. The van der Waals surface area contributed by atoms with Gasteiger partial charge in [0.25, 0.3) is 0 Å². The Morgan fingerprint density at radius 2 is 2.44 bits per heavy atom. The van der Waals surface area contributed by atoms with Gasteiger partial charge in [-0.05, 0) is 6.26 Å². The lowest BCUT2D eigenvalue weighted by Gasteiger charge is -2.18. The first-order valence-electron chi connectivity index (χ1n) is 4.88. The second-order valence-corrected chi connectivity index (χ2v) is 4.33. The molecule has 1 aliphatic rings. The van der Waals surface area contributed by atoms with Crippen LogP contribution >= 0.6 is 11.8 Å². The Labute approximate surface area is 98.2 Å². The van der Waals surface area contributed by atoms with Crippen molar-refractivity contribution in [3.63, 3.8) is 0 Å². The van der Waals surface area contributed by atoms with E-state index in [2.05, 4.69) is 9.97 Å². The fourth-order valence-electron chi connectivity index (χ4n) is 1.80. The first-order valence-corrected chi connectivity index (χ1v) is 6.10. The minimum Gasteiger partial charge on any atom is -0.467 e. The molecule has 0 spiro atoms. The van der Waals surface area contributed by atoms with Crippen molar-refractivity contribution in [2.75, 3.05) is 25.3 Å². The van der Waals surface area contributed by atoms with Crippen molar-refractivity contribution >= 4 is 23.5 Å². The van der Waals surface area contributed by atoms with E-state index in [0.717, 1.165) is 16.5 Å². The number of ether oxygens (including phenoxy) is 1. The molecule has 6 heteroatoms. The van der Waals surface area contributed by atoms with Crippen LogP contribution in [0.25, 0.3) is 0 Å². The van der Waals surface area contributed by atoms with Crippen molar-refractivity contribution < 1.29 is 9.53 Å². The fourth-order valence-corrected chi connectivity index (χ4v) is 2.14. The lowest BCUT2D eigenvalue weighted by atomic mass is 10.2. The molecule has 0 amide bonds. The number of thioether (sulfide) groups is 1. The van der Waals surface area contributed by atoms with Crippen molar-refractivity contribution in [3.8, 4) is 0 Å². The summed E-state index contributed by atoms with van der Waals surface area (Å²) in [6, 6.07) is -0.272. The molecule has 1 aromatic heterocycles. The minimum atomic E-state index is -0.272. The third-order valence-corrected chi connectivity index (χ3v) is 3.25. The second kappa shape index (κ2) is 4.29. The number of esters is 1. The van der Waals surface area contributed by atoms with Gasteiger partial charge in [-0.15, -0.1) is 0 Å². The van der Waals surface area contributed by atoms with Crippen molar-refractivity contribution in [3.05, 3.63) is 11.8 Å². The Balaban J connectivity index is 2.31. The molecule has 1 aliphatic heterocycles. The summed E-state index contributed by atoms with van der Waals surface area (Å²) < 4.78 is 4.76. The maximum Gasteiger partial charge on any atom is 0.328 e. The molecule has 2 rings (SSSR count). The molecule has 86 valence electrons. The average molecular weight is 239 g/mol. The van der Waals surface area contributed by atoms with Gasteiger partial charge < -0.3 is 9.64 Å². The van der Waals surface area contributed by atoms with Gasteiger partial charge in [-0.25, -0.2) is 14.8 Å².